The number of sulfone groups is 1. The van der Waals surface area contributed by atoms with Crippen LogP contribution in [0.5, 0.6) is 0 Å². The first-order chi connectivity index (χ1) is 12.0. The van der Waals surface area contributed by atoms with Crippen LogP contribution in [0.4, 0.5) is 0 Å². The van der Waals surface area contributed by atoms with Crippen molar-refractivity contribution in [3.05, 3.63) is 52.0 Å². The van der Waals surface area contributed by atoms with Crippen molar-refractivity contribution in [1.29, 1.82) is 0 Å². The van der Waals surface area contributed by atoms with Gasteiger partial charge in [-0.1, -0.05) is 30.3 Å². The molecule has 1 aromatic heterocycles. The molecule has 0 aliphatic carbocycles. The van der Waals surface area contributed by atoms with Gasteiger partial charge < -0.3 is 10.2 Å². The maximum absolute atomic E-state index is 12.9. The summed E-state index contributed by atoms with van der Waals surface area (Å²) in [7, 11) is -3.09. The fourth-order valence-corrected chi connectivity index (χ4v) is 6.29. The molecular formula is C17H19N3O3S2. The summed E-state index contributed by atoms with van der Waals surface area (Å²) in [5.74, 6) is -0.0148. The Morgan fingerprint density at radius 1 is 1.28 bits per heavy atom. The number of amides is 1. The number of hydrogen-bond acceptors (Lipinski definition) is 6. The first-order valence-corrected chi connectivity index (χ1v) is 10.9. The average molecular weight is 377 g/mol. The quantitative estimate of drug-likeness (QED) is 0.861. The number of nitrogens with zero attached hydrogens (tertiary/aromatic N) is 2. The molecule has 0 spiro atoms. The summed E-state index contributed by atoms with van der Waals surface area (Å²) in [5.41, 5.74) is 1.57. The Morgan fingerprint density at radius 2 is 2.08 bits per heavy atom. The van der Waals surface area contributed by atoms with Gasteiger partial charge in [0, 0.05) is 30.9 Å². The maximum Gasteiger partial charge on any atom is 0.273 e. The normalized spacial score (nSPS) is 24.9. The molecule has 2 aliphatic heterocycles. The van der Waals surface area contributed by atoms with Gasteiger partial charge in [0.2, 0.25) is 0 Å². The molecule has 25 heavy (non-hydrogen) atoms. The molecule has 1 N–H and O–H groups in total. The fourth-order valence-electron chi connectivity index (χ4n) is 3.53. The molecule has 0 radical (unpaired) electrons. The number of piperazine rings is 1. The maximum atomic E-state index is 12.9. The lowest BCUT2D eigenvalue weighted by Gasteiger charge is -2.37. The van der Waals surface area contributed by atoms with Crippen LogP contribution >= 0.6 is 11.3 Å². The van der Waals surface area contributed by atoms with Gasteiger partial charge >= 0.3 is 0 Å². The molecule has 1 amide bonds. The van der Waals surface area contributed by atoms with Gasteiger partial charge in [-0.05, 0) is 5.56 Å². The van der Waals surface area contributed by atoms with Crippen molar-refractivity contribution in [1.82, 2.24) is 15.2 Å². The fraction of sp³-hybridized carbons (Fsp3) is 0.412. The predicted octanol–water partition coefficient (Wildman–Crippen LogP) is 0.945. The van der Waals surface area contributed by atoms with E-state index in [1.165, 1.54) is 11.3 Å². The molecule has 0 bridgehead atoms. The summed E-state index contributed by atoms with van der Waals surface area (Å²) in [6, 6.07) is 9.56. The van der Waals surface area contributed by atoms with Crippen LogP contribution in [0.1, 0.15) is 21.1 Å². The standard InChI is InChI=1S/C17H19N3O3S2/c21-17(20-7-6-18-14-10-25(22,23)11-15(14)20)13-9-24-16(19-13)8-12-4-2-1-3-5-12/h1-5,9,14-15,18H,6-8,10-11H2/t14-,15+/m0/s1. The largest absolute Gasteiger partial charge is 0.330 e. The van der Waals surface area contributed by atoms with E-state index in [1.807, 2.05) is 30.3 Å². The molecule has 8 heteroatoms. The Morgan fingerprint density at radius 3 is 2.88 bits per heavy atom. The van der Waals surface area contributed by atoms with Crippen LogP contribution in [-0.4, -0.2) is 60.9 Å². The summed E-state index contributed by atoms with van der Waals surface area (Å²) in [5, 5.41) is 5.89. The number of thiazole rings is 1. The van der Waals surface area contributed by atoms with E-state index in [9.17, 15) is 13.2 Å². The molecule has 2 saturated heterocycles. The highest BCUT2D eigenvalue weighted by Crippen LogP contribution is 2.24. The summed E-state index contributed by atoms with van der Waals surface area (Å²) in [6.45, 7) is 1.13. The Balaban J connectivity index is 1.51. The zero-order valence-corrected chi connectivity index (χ0v) is 15.2. The van der Waals surface area contributed by atoms with E-state index in [4.69, 9.17) is 0 Å². The molecule has 3 heterocycles. The van der Waals surface area contributed by atoms with E-state index >= 15 is 0 Å². The van der Waals surface area contributed by atoms with Crippen LogP contribution in [0.15, 0.2) is 35.7 Å². The van der Waals surface area contributed by atoms with Crippen LogP contribution in [0.2, 0.25) is 0 Å². The second-order valence-corrected chi connectivity index (χ2v) is 9.59. The molecule has 0 unspecified atom stereocenters. The molecule has 2 aromatic rings. The van der Waals surface area contributed by atoms with E-state index in [1.54, 1.807) is 10.3 Å². The molecule has 0 saturated carbocycles. The second kappa shape index (κ2) is 6.51. The number of hydrogen-bond donors (Lipinski definition) is 1. The molecule has 2 fully saturated rings. The number of fused-ring (bicyclic) bond motifs is 1. The first-order valence-electron chi connectivity index (χ1n) is 8.25. The van der Waals surface area contributed by atoms with E-state index < -0.39 is 9.84 Å². The Hall–Kier alpha value is -1.77. The summed E-state index contributed by atoms with van der Waals surface area (Å²) < 4.78 is 23.8. The van der Waals surface area contributed by atoms with E-state index in [2.05, 4.69) is 10.3 Å². The minimum atomic E-state index is -3.09. The minimum absolute atomic E-state index is 0.0391. The zero-order valence-electron chi connectivity index (χ0n) is 13.6. The number of aromatic nitrogens is 1. The number of benzene rings is 1. The lowest BCUT2D eigenvalue weighted by Crippen LogP contribution is -2.59. The van der Waals surface area contributed by atoms with Gasteiger partial charge in [0.25, 0.3) is 5.91 Å². The predicted molar refractivity (Wildman–Crippen MR) is 96.6 cm³/mol. The van der Waals surface area contributed by atoms with Gasteiger partial charge in [-0.3, -0.25) is 4.79 Å². The third-order valence-corrected chi connectivity index (χ3v) is 7.28. The van der Waals surface area contributed by atoms with Crippen molar-refractivity contribution in [2.45, 2.75) is 18.5 Å². The van der Waals surface area contributed by atoms with Gasteiger partial charge in [-0.25, -0.2) is 13.4 Å². The highest BCUT2D eigenvalue weighted by atomic mass is 32.2. The van der Waals surface area contributed by atoms with Crippen LogP contribution in [0, 0.1) is 0 Å². The van der Waals surface area contributed by atoms with Crippen molar-refractivity contribution >= 4 is 27.1 Å². The van der Waals surface area contributed by atoms with Crippen LogP contribution in [-0.2, 0) is 16.3 Å². The third-order valence-electron chi connectivity index (χ3n) is 4.71. The number of rotatable bonds is 3. The Labute approximate surface area is 150 Å². The van der Waals surface area contributed by atoms with Crippen molar-refractivity contribution in [3.8, 4) is 0 Å². The Bertz CT molecular complexity index is 880. The van der Waals surface area contributed by atoms with Crippen molar-refractivity contribution < 1.29 is 13.2 Å². The number of carbonyl (C=O) groups is 1. The number of carbonyl (C=O) groups excluding carboxylic acids is 1. The van der Waals surface area contributed by atoms with Gasteiger partial charge in [0.15, 0.2) is 9.84 Å². The van der Waals surface area contributed by atoms with Crippen molar-refractivity contribution in [3.63, 3.8) is 0 Å². The van der Waals surface area contributed by atoms with Gasteiger partial charge in [0.1, 0.15) is 5.69 Å². The molecular weight excluding hydrogens is 358 g/mol. The molecule has 132 valence electrons. The van der Waals surface area contributed by atoms with E-state index in [0.717, 1.165) is 10.6 Å². The molecule has 4 rings (SSSR count). The average Bonchev–Trinajstić information content (AvgIpc) is 3.17. The van der Waals surface area contributed by atoms with E-state index in [0.29, 0.717) is 25.2 Å². The summed E-state index contributed by atoms with van der Waals surface area (Å²) in [4.78, 5) is 19.0. The summed E-state index contributed by atoms with van der Waals surface area (Å²) >= 11 is 1.47. The van der Waals surface area contributed by atoms with Crippen LogP contribution in [0.3, 0.4) is 0 Å². The Kier molecular flexibility index (Phi) is 4.35. The van der Waals surface area contributed by atoms with Crippen LogP contribution in [0.25, 0.3) is 0 Å². The van der Waals surface area contributed by atoms with Crippen LogP contribution < -0.4 is 5.32 Å². The lowest BCUT2D eigenvalue weighted by molar-refractivity contribution is 0.0616. The smallest absolute Gasteiger partial charge is 0.273 e. The zero-order chi connectivity index (χ0) is 17.4. The molecule has 2 aliphatic rings. The molecule has 6 nitrogen and oxygen atoms in total. The third kappa shape index (κ3) is 3.47. The SMILES string of the molecule is O=C(c1csc(Cc2ccccc2)n1)N1CCN[C@H]2CS(=O)(=O)C[C@H]21. The molecule has 2 atom stereocenters. The highest BCUT2D eigenvalue weighted by Gasteiger charge is 2.44. The van der Waals surface area contributed by atoms with Crippen molar-refractivity contribution in [2.75, 3.05) is 24.6 Å². The van der Waals surface area contributed by atoms with E-state index in [-0.39, 0.29) is 29.5 Å². The van der Waals surface area contributed by atoms with Gasteiger partial charge in [-0.15, -0.1) is 11.3 Å². The molecule has 1 aromatic carbocycles. The van der Waals surface area contributed by atoms with Crippen molar-refractivity contribution in [2.24, 2.45) is 0 Å². The monoisotopic (exact) mass is 377 g/mol. The first kappa shape index (κ1) is 16.7. The number of nitrogens with one attached hydrogen (secondary N) is 1. The minimum Gasteiger partial charge on any atom is -0.330 e. The van der Waals surface area contributed by atoms with Gasteiger partial charge in [0.05, 0.1) is 22.6 Å². The topological polar surface area (TPSA) is 79.4 Å². The highest BCUT2D eigenvalue weighted by molar-refractivity contribution is 7.91. The van der Waals surface area contributed by atoms with Gasteiger partial charge in [-0.2, -0.15) is 0 Å². The lowest BCUT2D eigenvalue weighted by atomic mass is 10.1. The second-order valence-electron chi connectivity index (χ2n) is 6.49. The summed E-state index contributed by atoms with van der Waals surface area (Å²) in [6.07, 6.45) is 0.695.